The molecule has 1 N–H and O–H groups in total. The summed E-state index contributed by atoms with van der Waals surface area (Å²) in [7, 11) is 0. The van der Waals surface area contributed by atoms with Crippen molar-refractivity contribution in [1.82, 2.24) is 10.3 Å². The third kappa shape index (κ3) is 4.38. The molecule has 2 heterocycles. The van der Waals surface area contributed by atoms with Crippen molar-refractivity contribution in [2.75, 3.05) is 43.2 Å². The van der Waals surface area contributed by atoms with Crippen molar-refractivity contribution in [3.05, 3.63) is 23.9 Å². The van der Waals surface area contributed by atoms with Crippen LogP contribution in [0.25, 0.3) is 0 Å². The minimum Gasteiger partial charge on any atom is -0.378 e. The van der Waals surface area contributed by atoms with Gasteiger partial charge in [0.25, 0.3) is 0 Å². The third-order valence-electron chi connectivity index (χ3n) is 3.19. The summed E-state index contributed by atoms with van der Waals surface area (Å²) in [5, 5.41) is 2.96. The van der Waals surface area contributed by atoms with Crippen molar-refractivity contribution in [2.24, 2.45) is 0 Å². The van der Waals surface area contributed by atoms with Crippen LogP contribution >= 0.6 is 11.8 Å². The molecule has 1 amide bonds. The second-order valence-corrected chi connectivity index (χ2v) is 5.59. The number of amides is 1. The minimum absolute atomic E-state index is 0.0936. The van der Waals surface area contributed by atoms with Gasteiger partial charge in [0.15, 0.2) is 0 Å². The van der Waals surface area contributed by atoms with Crippen molar-refractivity contribution < 1.29 is 9.53 Å². The van der Waals surface area contributed by atoms with E-state index in [9.17, 15) is 4.79 Å². The molecule has 5 nitrogen and oxygen atoms in total. The highest BCUT2D eigenvalue weighted by molar-refractivity contribution is 7.98. The number of ether oxygens (including phenoxy) is 1. The maximum Gasteiger partial charge on any atom is 0.221 e. The lowest BCUT2D eigenvalue weighted by molar-refractivity contribution is -0.120. The van der Waals surface area contributed by atoms with Gasteiger partial charge < -0.3 is 15.0 Å². The highest BCUT2D eigenvalue weighted by Crippen LogP contribution is 2.18. The van der Waals surface area contributed by atoms with Crippen molar-refractivity contribution in [2.45, 2.75) is 13.0 Å². The lowest BCUT2D eigenvalue weighted by Crippen LogP contribution is -2.37. The van der Waals surface area contributed by atoms with Crippen LogP contribution in [0.1, 0.15) is 12.0 Å². The van der Waals surface area contributed by atoms with E-state index < -0.39 is 0 Å². The molecule has 110 valence electrons. The Morgan fingerprint density at radius 2 is 2.30 bits per heavy atom. The van der Waals surface area contributed by atoms with Crippen LogP contribution in [0.2, 0.25) is 0 Å². The zero-order valence-corrected chi connectivity index (χ0v) is 12.6. The normalized spacial score (nSPS) is 15.2. The van der Waals surface area contributed by atoms with Crippen LogP contribution in [0, 0.1) is 0 Å². The van der Waals surface area contributed by atoms with E-state index in [-0.39, 0.29) is 5.91 Å². The molecule has 1 aliphatic rings. The number of carbonyl (C=O) groups excluding carboxylic acids is 1. The van der Waals surface area contributed by atoms with Gasteiger partial charge in [-0.1, -0.05) is 6.07 Å². The fourth-order valence-corrected chi connectivity index (χ4v) is 2.49. The van der Waals surface area contributed by atoms with Gasteiger partial charge in [0.1, 0.15) is 5.82 Å². The molecule has 0 radical (unpaired) electrons. The summed E-state index contributed by atoms with van der Waals surface area (Å²) in [4.78, 5) is 18.4. The molecule has 1 aromatic rings. The van der Waals surface area contributed by atoms with E-state index in [0.29, 0.717) is 13.0 Å². The first-order valence-corrected chi connectivity index (χ1v) is 8.23. The van der Waals surface area contributed by atoms with Gasteiger partial charge in [0, 0.05) is 43.6 Å². The van der Waals surface area contributed by atoms with E-state index in [1.807, 2.05) is 18.4 Å². The van der Waals surface area contributed by atoms with Gasteiger partial charge in [0.05, 0.1) is 13.2 Å². The molecule has 1 aromatic heterocycles. The van der Waals surface area contributed by atoms with Gasteiger partial charge in [-0.25, -0.2) is 4.98 Å². The van der Waals surface area contributed by atoms with Gasteiger partial charge in [-0.3, -0.25) is 4.79 Å². The van der Waals surface area contributed by atoms with Crippen LogP contribution in [0.3, 0.4) is 0 Å². The predicted octanol–water partition coefficient (Wildman–Crippen LogP) is 1.29. The van der Waals surface area contributed by atoms with Gasteiger partial charge >= 0.3 is 0 Å². The Bertz CT molecular complexity index is 436. The molecule has 0 aromatic carbocycles. The second-order valence-electron chi connectivity index (χ2n) is 4.61. The number of nitrogens with zero attached hydrogens (tertiary/aromatic N) is 2. The molecular weight excluding hydrogens is 274 g/mol. The number of aromatic nitrogens is 1. The summed E-state index contributed by atoms with van der Waals surface area (Å²) < 4.78 is 5.36. The summed E-state index contributed by atoms with van der Waals surface area (Å²) in [6.07, 6.45) is 4.36. The lowest BCUT2D eigenvalue weighted by Gasteiger charge is -2.29. The van der Waals surface area contributed by atoms with Crippen molar-refractivity contribution in [3.63, 3.8) is 0 Å². The maximum absolute atomic E-state index is 11.7. The lowest BCUT2D eigenvalue weighted by atomic mass is 10.2. The molecule has 0 spiro atoms. The van der Waals surface area contributed by atoms with Crippen LogP contribution in [-0.4, -0.2) is 49.2 Å². The van der Waals surface area contributed by atoms with Gasteiger partial charge in [-0.05, 0) is 12.3 Å². The van der Waals surface area contributed by atoms with Crippen LogP contribution in [0.4, 0.5) is 5.82 Å². The van der Waals surface area contributed by atoms with Crippen molar-refractivity contribution >= 4 is 23.5 Å². The van der Waals surface area contributed by atoms with Crippen LogP contribution in [-0.2, 0) is 16.1 Å². The average molecular weight is 295 g/mol. The zero-order valence-electron chi connectivity index (χ0n) is 11.8. The molecule has 6 heteroatoms. The van der Waals surface area contributed by atoms with E-state index in [4.69, 9.17) is 4.74 Å². The Balaban J connectivity index is 1.95. The van der Waals surface area contributed by atoms with E-state index in [0.717, 1.165) is 43.4 Å². The van der Waals surface area contributed by atoms with E-state index in [1.165, 1.54) is 0 Å². The van der Waals surface area contributed by atoms with Crippen LogP contribution < -0.4 is 10.2 Å². The molecule has 1 aliphatic heterocycles. The fraction of sp³-hybridized carbons (Fsp3) is 0.571. The molecule has 0 bridgehead atoms. The number of carbonyl (C=O) groups is 1. The minimum atomic E-state index is 0.0936. The summed E-state index contributed by atoms with van der Waals surface area (Å²) >= 11 is 1.68. The van der Waals surface area contributed by atoms with Crippen LogP contribution in [0.15, 0.2) is 18.3 Å². The maximum atomic E-state index is 11.7. The van der Waals surface area contributed by atoms with E-state index in [1.54, 1.807) is 18.0 Å². The molecule has 0 unspecified atom stereocenters. The Labute approximate surface area is 124 Å². The van der Waals surface area contributed by atoms with E-state index in [2.05, 4.69) is 15.2 Å². The first-order valence-electron chi connectivity index (χ1n) is 6.83. The van der Waals surface area contributed by atoms with E-state index >= 15 is 0 Å². The smallest absolute Gasteiger partial charge is 0.221 e. The molecule has 0 aliphatic carbocycles. The summed E-state index contributed by atoms with van der Waals surface area (Å²) in [6.45, 7) is 3.70. The second kappa shape index (κ2) is 8.11. The predicted molar refractivity (Wildman–Crippen MR) is 82.1 cm³/mol. The highest BCUT2D eigenvalue weighted by Gasteiger charge is 2.15. The molecule has 20 heavy (non-hydrogen) atoms. The first-order chi connectivity index (χ1) is 9.81. The summed E-state index contributed by atoms with van der Waals surface area (Å²) in [6, 6.07) is 3.93. The topological polar surface area (TPSA) is 54.5 Å². The summed E-state index contributed by atoms with van der Waals surface area (Å²) in [5.41, 5.74) is 1.06. The Hall–Kier alpha value is -1.27. The number of thioether (sulfide) groups is 1. The largest absolute Gasteiger partial charge is 0.378 e. The zero-order chi connectivity index (χ0) is 14.2. The third-order valence-corrected chi connectivity index (χ3v) is 3.80. The number of morpholine rings is 1. The number of hydrogen-bond donors (Lipinski definition) is 1. The average Bonchev–Trinajstić information content (AvgIpc) is 2.52. The number of pyridine rings is 1. The molecule has 0 atom stereocenters. The fourth-order valence-electron chi connectivity index (χ4n) is 2.11. The monoisotopic (exact) mass is 295 g/mol. The number of nitrogens with one attached hydrogen (secondary N) is 1. The van der Waals surface area contributed by atoms with Crippen LogP contribution in [0.5, 0.6) is 0 Å². The van der Waals surface area contributed by atoms with Crippen molar-refractivity contribution in [3.8, 4) is 0 Å². The standard InChI is InChI=1S/C14H21N3O2S/c1-20-10-4-13(18)16-11-12-3-2-5-15-14(12)17-6-8-19-9-7-17/h2-3,5H,4,6-11H2,1H3,(H,16,18). The molecular formula is C14H21N3O2S. The van der Waals surface area contributed by atoms with Gasteiger partial charge in [0.2, 0.25) is 5.91 Å². The SMILES string of the molecule is CSCCC(=O)NCc1cccnc1N1CCOCC1. The molecule has 1 fully saturated rings. The quantitative estimate of drug-likeness (QED) is 0.857. The summed E-state index contributed by atoms with van der Waals surface area (Å²) in [5.74, 6) is 1.91. The van der Waals surface area contributed by atoms with Gasteiger partial charge in [-0.2, -0.15) is 11.8 Å². The molecule has 2 rings (SSSR count). The highest BCUT2D eigenvalue weighted by atomic mass is 32.2. The number of hydrogen-bond acceptors (Lipinski definition) is 5. The molecule has 1 saturated heterocycles. The first kappa shape index (κ1) is 15.1. The number of anilines is 1. The van der Waals surface area contributed by atoms with Crippen molar-refractivity contribution in [1.29, 1.82) is 0 Å². The molecule has 0 saturated carbocycles. The Kier molecular flexibility index (Phi) is 6.14. The Morgan fingerprint density at radius 1 is 1.50 bits per heavy atom. The number of rotatable bonds is 6. The van der Waals surface area contributed by atoms with Gasteiger partial charge in [-0.15, -0.1) is 0 Å². The Morgan fingerprint density at radius 3 is 3.05 bits per heavy atom.